The van der Waals surface area contributed by atoms with Gasteiger partial charge in [0, 0.05) is 17.6 Å². The summed E-state index contributed by atoms with van der Waals surface area (Å²) in [6, 6.07) is 3.10. The van der Waals surface area contributed by atoms with Crippen LogP contribution in [0.4, 0.5) is 4.39 Å². The number of aryl methyl sites for hydroxylation is 1. The van der Waals surface area contributed by atoms with Crippen molar-refractivity contribution >= 4 is 17.6 Å². The van der Waals surface area contributed by atoms with Crippen molar-refractivity contribution in [2.45, 2.75) is 38.8 Å². The summed E-state index contributed by atoms with van der Waals surface area (Å²) < 4.78 is 13.6. The number of likely N-dealkylation sites (tertiary alicyclic amines) is 1. The second-order valence-corrected chi connectivity index (χ2v) is 5.46. The molecular weight excluding hydrogens is 269 g/mol. The first-order valence-corrected chi connectivity index (χ1v) is 6.75. The molecule has 1 saturated heterocycles. The molecule has 1 atom stereocenters. The summed E-state index contributed by atoms with van der Waals surface area (Å²) in [6.07, 6.45) is 1.98. The molecule has 0 aliphatic carbocycles. The van der Waals surface area contributed by atoms with E-state index >= 15 is 0 Å². The Kier molecular flexibility index (Phi) is 4.42. The number of hydrogen-bond acceptors (Lipinski definition) is 2. The molecule has 1 N–H and O–H groups in total. The Balaban J connectivity index is 2.12. The maximum atomic E-state index is 13.6. The van der Waals surface area contributed by atoms with Gasteiger partial charge in [-0.25, -0.2) is 4.39 Å². The Bertz CT molecular complexity index is 493. The maximum absolute atomic E-state index is 13.6. The molecule has 0 aromatic heterocycles. The zero-order valence-corrected chi connectivity index (χ0v) is 11.6. The fraction of sp³-hybridized carbons (Fsp3) is 0.500. The van der Waals surface area contributed by atoms with Gasteiger partial charge in [0.05, 0.1) is 6.42 Å². The lowest BCUT2D eigenvalue weighted by molar-refractivity contribution is -0.138. The summed E-state index contributed by atoms with van der Waals surface area (Å²) in [5.41, 5.74) is 1.25. The number of carboxylic acid groups (broad SMARTS) is 1. The van der Waals surface area contributed by atoms with Crippen molar-refractivity contribution < 1.29 is 14.3 Å². The molecule has 0 bridgehead atoms. The van der Waals surface area contributed by atoms with E-state index in [4.69, 9.17) is 16.7 Å². The second-order valence-electron chi connectivity index (χ2n) is 5.06. The molecule has 1 aromatic rings. The van der Waals surface area contributed by atoms with Gasteiger partial charge in [-0.3, -0.25) is 9.69 Å². The van der Waals surface area contributed by atoms with Crippen molar-refractivity contribution in [3.63, 3.8) is 0 Å². The van der Waals surface area contributed by atoms with Gasteiger partial charge in [-0.15, -0.1) is 0 Å². The molecule has 1 unspecified atom stereocenters. The van der Waals surface area contributed by atoms with Crippen LogP contribution in [0.25, 0.3) is 0 Å². The first kappa shape index (κ1) is 14.3. The van der Waals surface area contributed by atoms with Crippen LogP contribution >= 0.6 is 11.6 Å². The number of hydrogen-bond donors (Lipinski definition) is 1. The number of aliphatic carboxylic acids is 1. The number of carbonyl (C=O) groups is 1. The van der Waals surface area contributed by atoms with Gasteiger partial charge in [-0.2, -0.15) is 0 Å². The van der Waals surface area contributed by atoms with E-state index in [0.717, 1.165) is 24.9 Å². The van der Waals surface area contributed by atoms with Gasteiger partial charge >= 0.3 is 5.97 Å². The van der Waals surface area contributed by atoms with Gasteiger partial charge in [0.1, 0.15) is 5.82 Å². The van der Waals surface area contributed by atoms with Crippen molar-refractivity contribution in [2.75, 3.05) is 6.54 Å². The smallest absolute Gasteiger partial charge is 0.304 e. The van der Waals surface area contributed by atoms with Crippen molar-refractivity contribution in [3.05, 3.63) is 34.1 Å². The van der Waals surface area contributed by atoms with Gasteiger partial charge in [0.15, 0.2) is 0 Å². The third-order valence-corrected chi connectivity index (χ3v) is 3.96. The average Bonchev–Trinajstić information content (AvgIpc) is 2.72. The Morgan fingerprint density at radius 1 is 1.58 bits per heavy atom. The Hall–Kier alpha value is -1.13. The standard InChI is InChI=1S/C14H17ClFNO2/c1-9-5-12(15)10(6-13(9)16)8-17-4-2-3-11(17)7-14(18)19/h5-6,11H,2-4,7-8H2,1H3,(H,18,19). The molecule has 0 saturated carbocycles. The number of halogens is 2. The zero-order valence-electron chi connectivity index (χ0n) is 10.8. The van der Waals surface area contributed by atoms with Crippen molar-refractivity contribution in [2.24, 2.45) is 0 Å². The molecule has 1 aliphatic rings. The van der Waals surface area contributed by atoms with Gasteiger partial charge < -0.3 is 5.11 Å². The normalized spacial score (nSPS) is 19.8. The molecule has 0 spiro atoms. The number of rotatable bonds is 4. The highest BCUT2D eigenvalue weighted by Crippen LogP contribution is 2.27. The topological polar surface area (TPSA) is 40.5 Å². The van der Waals surface area contributed by atoms with Crippen molar-refractivity contribution in [1.82, 2.24) is 4.90 Å². The number of benzene rings is 1. The van der Waals surface area contributed by atoms with Gasteiger partial charge in [0.25, 0.3) is 0 Å². The van der Waals surface area contributed by atoms with E-state index in [9.17, 15) is 9.18 Å². The van der Waals surface area contributed by atoms with Gasteiger partial charge in [-0.1, -0.05) is 11.6 Å². The second kappa shape index (κ2) is 5.88. The van der Waals surface area contributed by atoms with Crippen LogP contribution < -0.4 is 0 Å². The first-order chi connectivity index (χ1) is 8.97. The molecule has 3 nitrogen and oxygen atoms in total. The quantitative estimate of drug-likeness (QED) is 0.923. The summed E-state index contributed by atoms with van der Waals surface area (Å²) in [5.74, 6) is -1.06. The van der Waals surface area contributed by atoms with Crippen LogP contribution in [0.3, 0.4) is 0 Å². The van der Waals surface area contributed by atoms with E-state index in [0.29, 0.717) is 17.1 Å². The van der Waals surface area contributed by atoms with Crippen molar-refractivity contribution in [1.29, 1.82) is 0 Å². The van der Waals surface area contributed by atoms with E-state index in [1.165, 1.54) is 6.07 Å². The Morgan fingerprint density at radius 3 is 3.00 bits per heavy atom. The van der Waals surface area contributed by atoms with Gasteiger partial charge in [-0.05, 0) is 49.6 Å². The number of carboxylic acids is 1. The van der Waals surface area contributed by atoms with Crippen LogP contribution in [0, 0.1) is 12.7 Å². The van der Waals surface area contributed by atoms with E-state index in [1.54, 1.807) is 13.0 Å². The van der Waals surface area contributed by atoms with Crippen LogP contribution in [0.5, 0.6) is 0 Å². The van der Waals surface area contributed by atoms with Crippen LogP contribution in [-0.4, -0.2) is 28.6 Å². The molecule has 5 heteroatoms. The number of nitrogens with zero attached hydrogens (tertiary/aromatic N) is 1. The summed E-state index contributed by atoms with van der Waals surface area (Å²) in [7, 11) is 0. The van der Waals surface area contributed by atoms with E-state index in [1.807, 2.05) is 0 Å². The van der Waals surface area contributed by atoms with E-state index in [2.05, 4.69) is 4.90 Å². The Morgan fingerprint density at radius 2 is 2.32 bits per heavy atom. The monoisotopic (exact) mass is 285 g/mol. The Labute approximate surface area is 117 Å². The lowest BCUT2D eigenvalue weighted by Gasteiger charge is -2.23. The highest BCUT2D eigenvalue weighted by atomic mass is 35.5. The minimum atomic E-state index is -0.793. The van der Waals surface area contributed by atoms with Crippen LogP contribution in [-0.2, 0) is 11.3 Å². The molecule has 1 heterocycles. The fourth-order valence-electron chi connectivity index (χ4n) is 2.56. The minimum Gasteiger partial charge on any atom is -0.481 e. The molecule has 1 aliphatic heterocycles. The first-order valence-electron chi connectivity index (χ1n) is 6.37. The summed E-state index contributed by atoms with van der Waals surface area (Å²) in [5, 5.41) is 9.42. The summed E-state index contributed by atoms with van der Waals surface area (Å²) in [6.45, 7) is 3.02. The SMILES string of the molecule is Cc1cc(Cl)c(CN2CCCC2CC(=O)O)cc1F. The molecule has 1 fully saturated rings. The average molecular weight is 286 g/mol. The molecular formula is C14H17ClFNO2. The predicted octanol–water partition coefficient (Wildman–Crippen LogP) is 3.23. The largest absolute Gasteiger partial charge is 0.481 e. The third kappa shape index (κ3) is 3.45. The molecule has 19 heavy (non-hydrogen) atoms. The summed E-state index contributed by atoms with van der Waals surface area (Å²) in [4.78, 5) is 12.9. The van der Waals surface area contributed by atoms with E-state index in [-0.39, 0.29) is 18.3 Å². The lowest BCUT2D eigenvalue weighted by atomic mass is 10.1. The molecule has 2 rings (SSSR count). The summed E-state index contributed by atoms with van der Waals surface area (Å²) >= 11 is 6.12. The van der Waals surface area contributed by atoms with E-state index < -0.39 is 5.97 Å². The zero-order chi connectivity index (χ0) is 14.0. The predicted molar refractivity (Wildman–Crippen MR) is 71.8 cm³/mol. The molecule has 104 valence electrons. The van der Waals surface area contributed by atoms with Crippen LogP contribution in [0.1, 0.15) is 30.4 Å². The highest BCUT2D eigenvalue weighted by Gasteiger charge is 2.27. The van der Waals surface area contributed by atoms with Gasteiger partial charge in [0.2, 0.25) is 0 Å². The van der Waals surface area contributed by atoms with Crippen LogP contribution in [0.2, 0.25) is 5.02 Å². The van der Waals surface area contributed by atoms with Crippen LogP contribution in [0.15, 0.2) is 12.1 Å². The lowest BCUT2D eigenvalue weighted by Crippen LogP contribution is -2.31. The highest BCUT2D eigenvalue weighted by molar-refractivity contribution is 6.31. The molecule has 0 amide bonds. The third-order valence-electron chi connectivity index (χ3n) is 3.61. The van der Waals surface area contributed by atoms with Crippen molar-refractivity contribution in [3.8, 4) is 0 Å². The fourth-order valence-corrected chi connectivity index (χ4v) is 2.84. The maximum Gasteiger partial charge on any atom is 0.304 e. The molecule has 1 aromatic carbocycles. The molecule has 0 radical (unpaired) electrons. The minimum absolute atomic E-state index is 0.0259.